The first kappa shape index (κ1) is 15.0. The summed E-state index contributed by atoms with van der Waals surface area (Å²) in [7, 11) is 0. The van der Waals surface area contributed by atoms with Gasteiger partial charge in [-0.15, -0.1) is 0 Å². The van der Waals surface area contributed by atoms with E-state index in [4.69, 9.17) is 0 Å². The molecule has 118 valence electrons. The van der Waals surface area contributed by atoms with E-state index in [0.29, 0.717) is 18.7 Å². The number of pyridine rings is 1. The monoisotopic (exact) mass is 312 g/mol. The molecule has 1 unspecified atom stereocenters. The molecule has 3 rings (SSSR count). The lowest BCUT2D eigenvalue weighted by Crippen LogP contribution is -2.29. The van der Waals surface area contributed by atoms with Gasteiger partial charge in [0.15, 0.2) is 0 Å². The van der Waals surface area contributed by atoms with Crippen LogP contribution in [0.1, 0.15) is 38.6 Å². The molecule has 2 heterocycles. The molecule has 1 aromatic heterocycles. The van der Waals surface area contributed by atoms with Crippen LogP contribution in [-0.2, 0) is 0 Å². The van der Waals surface area contributed by atoms with Gasteiger partial charge >= 0.3 is 5.97 Å². The van der Waals surface area contributed by atoms with Crippen molar-refractivity contribution in [1.29, 1.82) is 0 Å². The number of rotatable bonds is 3. The lowest BCUT2D eigenvalue weighted by atomic mass is 9.93. The first-order valence-corrected chi connectivity index (χ1v) is 7.36. The maximum Gasteiger partial charge on any atom is 0.335 e. The number of carbonyl (C=O) groups is 2. The molecule has 1 fully saturated rings. The Morgan fingerprint density at radius 1 is 1.17 bits per heavy atom. The highest BCUT2D eigenvalue weighted by molar-refractivity contribution is 5.94. The van der Waals surface area contributed by atoms with Gasteiger partial charge in [-0.05, 0) is 24.1 Å². The Balaban J connectivity index is 1.79. The maximum atomic E-state index is 12.4. The van der Waals surface area contributed by atoms with Gasteiger partial charge in [0.05, 0.1) is 11.1 Å². The van der Waals surface area contributed by atoms with E-state index in [2.05, 4.69) is 4.98 Å². The van der Waals surface area contributed by atoms with Gasteiger partial charge in [-0.1, -0.05) is 18.2 Å². The van der Waals surface area contributed by atoms with Gasteiger partial charge in [-0.2, -0.15) is 0 Å². The molecule has 2 N–H and O–H groups in total. The van der Waals surface area contributed by atoms with Gasteiger partial charge in [-0.25, -0.2) is 4.79 Å². The average Bonchev–Trinajstić information content (AvgIpc) is 3.04. The number of benzene rings is 1. The normalized spacial score (nSPS) is 17.2. The molecule has 1 aliphatic heterocycles. The topological polar surface area (TPSA) is 90.5 Å². The van der Waals surface area contributed by atoms with Gasteiger partial charge in [0.1, 0.15) is 0 Å². The molecule has 6 heteroatoms. The largest absolute Gasteiger partial charge is 0.478 e. The second-order valence-electron chi connectivity index (χ2n) is 5.57. The first-order chi connectivity index (χ1) is 11.1. The number of hydrogen-bond acceptors (Lipinski definition) is 3. The Hall–Kier alpha value is -2.89. The summed E-state index contributed by atoms with van der Waals surface area (Å²) >= 11 is 0. The highest BCUT2D eigenvalue weighted by Crippen LogP contribution is 2.30. The molecule has 2 aromatic rings. The predicted octanol–water partition coefficient (Wildman–Crippen LogP) is 1.70. The molecule has 1 amide bonds. The SMILES string of the molecule is O=C(O)c1ccccc1C1CCN(C(=O)c2ccc(=O)[nH]c2)C1. The van der Waals surface area contributed by atoms with Gasteiger partial charge in [0.2, 0.25) is 5.56 Å². The van der Waals surface area contributed by atoms with Crippen LogP contribution in [0.3, 0.4) is 0 Å². The molecular weight excluding hydrogens is 296 g/mol. The molecule has 0 aliphatic carbocycles. The standard InChI is InChI=1S/C17H16N2O4/c20-15-6-5-11(9-18-15)16(21)19-8-7-12(10-19)13-3-1-2-4-14(13)17(22)23/h1-6,9,12H,7-8,10H2,(H,18,20)(H,22,23). The maximum absolute atomic E-state index is 12.4. The molecule has 1 atom stereocenters. The van der Waals surface area contributed by atoms with Crippen LogP contribution in [0, 0.1) is 0 Å². The van der Waals surface area contributed by atoms with Gasteiger partial charge in [0, 0.05) is 31.3 Å². The number of aromatic amines is 1. The van der Waals surface area contributed by atoms with Crippen LogP contribution >= 0.6 is 0 Å². The van der Waals surface area contributed by atoms with E-state index in [1.807, 2.05) is 12.1 Å². The Kier molecular flexibility index (Phi) is 3.97. The summed E-state index contributed by atoms with van der Waals surface area (Å²) in [5.41, 5.74) is 1.22. The third kappa shape index (κ3) is 3.01. The molecule has 1 aliphatic rings. The number of nitrogens with one attached hydrogen (secondary N) is 1. The Bertz CT molecular complexity index is 792. The lowest BCUT2D eigenvalue weighted by Gasteiger charge is -2.17. The Morgan fingerprint density at radius 3 is 2.65 bits per heavy atom. The molecule has 0 saturated carbocycles. The summed E-state index contributed by atoms with van der Waals surface area (Å²) in [6.07, 6.45) is 2.13. The van der Waals surface area contributed by atoms with Crippen molar-refractivity contribution in [2.45, 2.75) is 12.3 Å². The smallest absolute Gasteiger partial charge is 0.335 e. The van der Waals surface area contributed by atoms with Crippen LogP contribution in [0.5, 0.6) is 0 Å². The van der Waals surface area contributed by atoms with Crippen molar-refractivity contribution in [2.24, 2.45) is 0 Å². The van der Waals surface area contributed by atoms with Crippen molar-refractivity contribution in [1.82, 2.24) is 9.88 Å². The van der Waals surface area contributed by atoms with Gasteiger partial charge in [0.25, 0.3) is 5.91 Å². The Morgan fingerprint density at radius 2 is 1.96 bits per heavy atom. The van der Waals surface area contributed by atoms with E-state index >= 15 is 0 Å². The zero-order valence-electron chi connectivity index (χ0n) is 12.4. The summed E-state index contributed by atoms with van der Waals surface area (Å²) in [4.78, 5) is 39.0. The fourth-order valence-corrected chi connectivity index (χ4v) is 2.97. The summed E-state index contributed by atoms with van der Waals surface area (Å²) in [5, 5.41) is 9.29. The van der Waals surface area contributed by atoms with E-state index in [1.165, 1.54) is 18.3 Å². The minimum Gasteiger partial charge on any atom is -0.478 e. The average molecular weight is 312 g/mol. The third-order valence-electron chi connectivity index (χ3n) is 4.14. The number of nitrogens with zero attached hydrogens (tertiary/aromatic N) is 1. The number of aromatic nitrogens is 1. The van der Waals surface area contributed by atoms with Crippen LogP contribution in [0.4, 0.5) is 0 Å². The van der Waals surface area contributed by atoms with Crippen molar-refractivity contribution in [3.63, 3.8) is 0 Å². The number of hydrogen-bond donors (Lipinski definition) is 2. The fourth-order valence-electron chi connectivity index (χ4n) is 2.97. The molecule has 0 bridgehead atoms. The molecule has 6 nitrogen and oxygen atoms in total. The van der Waals surface area contributed by atoms with E-state index < -0.39 is 5.97 Å². The molecular formula is C17H16N2O4. The van der Waals surface area contributed by atoms with Crippen molar-refractivity contribution in [3.8, 4) is 0 Å². The molecule has 0 spiro atoms. The quantitative estimate of drug-likeness (QED) is 0.902. The van der Waals surface area contributed by atoms with E-state index in [1.54, 1.807) is 17.0 Å². The van der Waals surface area contributed by atoms with Crippen LogP contribution in [0.25, 0.3) is 0 Å². The fraction of sp³-hybridized carbons (Fsp3) is 0.235. The molecule has 1 saturated heterocycles. The zero-order chi connectivity index (χ0) is 16.4. The zero-order valence-corrected chi connectivity index (χ0v) is 12.4. The molecule has 23 heavy (non-hydrogen) atoms. The van der Waals surface area contributed by atoms with Crippen molar-refractivity contribution in [3.05, 3.63) is 69.6 Å². The van der Waals surface area contributed by atoms with Crippen molar-refractivity contribution >= 4 is 11.9 Å². The number of amides is 1. The van der Waals surface area contributed by atoms with Crippen LogP contribution in [0.15, 0.2) is 47.4 Å². The lowest BCUT2D eigenvalue weighted by molar-refractivity contribution is 0.0695. The number of carbonyl (C=O) groups excluding carboxylic acids is 1. The summed E-state index contributed by atoms with van der Waals surface area (Å²) in [6.45, 7) is 1.04. The number of likely N-dealkylation sites (tertiary alicyclic amines) is 1. The highest BCUT2D eigenvalue weighted by atomic mass is 16.4. The Labute approximate surface area is 132 Å². The van der Waals surface area contributed by atoms with Crippen molar-refractivity contribution in [2.75, 3.05) is 13.1 Å². The summed E-state index contributed by atoms with van der Waals surface area (Å²) in [5.74, 6) is -1.10. The minimum atomic E-state index is -0.953. The van der Waals surface area contributed by atoms with Crippen molar-refractivity contribution < 1.29 is 14.7 Å². The molecule has 1 aromatic carbocycles. The summed E-state index contributed by atoms with van der Waals surface area (Å²) < 4.78 is 0. The minimum absolute atomic E-state index is 0.00834. The molecule has 0 radical (unpaired) electrons. The number of aromatic carboxylic acids is 1. The van der Waals surface area contributed by atoms with Crippen LogP contribution in [-0.4, -0.2) is 40.0 Å². The first-order valence-electron chi connectivity index (χ1n) is 7.36. The van der Waals surface area contributed by atoms with E-state index in [9.17, 15) is 19.5 Å². The van der Waals surface area contributed by atoms with Crippen LogP contribution < -0.4 is 5.56 Å². The van der Waals surface area contributed by atoms with Gasteiger partial charge < -0.3 is 15.0 Å². The van der Waals surface area contributed by atoms with Gasteiger partial charge in [-0.3, -0.25) is 9.59 Å². The summed E-state index contributed by atoms with van der Waals surface area (Å²) in [6, 6.07) is 9.73. The second-order valence-corrected chi connectivity index (χ2v) is 5.57. The predicted molar refractivity (Wildman–Crippen MR) is 83.7 cm³/mol. The van der Waals surface area contributed by atoms with E-state index in [0.717, 1.165) is 12.0 Å². The van der Waals surface area contributed by atoms with Crippen LogP contribution in [0.2, 0.25) is 0 Å². The highest BCUT2D eigenvalue weighted by Gasteiger charge is 2.30. The third-order valence-corrected chi connectivity index (χ3v) is 4.14. The second kappa shape index (κ2) is 6.08. The number of H-pyrrole nitrogens is 1. The van der Waals surface area contributed by atoms with E-state index in [-0.39, 0.29) is 22.9 Å². The number of carboxylic acid groups (broad SMARTS) is 1. The number of carboxylic acids is 1.